The van der Waals surface area contributed by atoms with Gasteiger partial charge in [-0.2, -0.15) is 12.6 Å². The number of hydrogen-bond acceptors (Lipinski definition) is 7. The summed E-state index contributed by atoms with van der Waals surface area (Å²) in [5.74, 6) is -1.12. The van der Waals surface area contributed by atoms with Crippen LogP contribution >= 0.6 is 12.6 Å². The van der Waals surface area contributed by atoms with Gasteiger partial charge < -0.3 is 25.2 Å². The monoisotopic (exact) mass is 253 g/mol. The minimum atomic E-state index is -1.28. The largest absolute Gasteiger partial charge is 0.480 e. The fraction of sp³-hybridized carbons (Fsp3) is 0.875. The summed E-state index contributed by atoms with van der Waals surface area (Å²) in [6, 6.07) is -0.993. The van der Waals surface area contributed by atoms with E-state index in [1.165, 1.54) is 0 Å². The Balaban J connectivity index is 2.58. The second-order valence-electron chi connectivity index (χ2n) is 3.50. The topological polar surface area (TPSA) is 119 Å². The third kappa shape index (κ3) is 2.84. The molecule has 0 aromatic rings. The summed E-state index contributed by atoms with van der Waals surface area (Å²) < 4.78 is 5.06. The molecule has 0 bridgehead atoms. The predicted octanol–water partition coefficient (Wildman–Crippen LogP) is -2.60. The number of carbonyl (C=O) groups is 1. The molecule has 7 nitrogen and oxygen atoms in total. The number of thiol groups is 1. The number of aliphatic hydroxyl groups excluding tert-OH is 3. The molecule has 0 aromatic heterocycles. The molecule has 0 aliphatic carbocycles. The van der Waals surface area contributed by atoms with Crippen LogP contribution in [0.15, 0.2) is 0 Å². The molecule has 1 saturated heterocycles. The predicted molar refractivity (Wildman–Crippen MR) is 56.2 cm³/mol. The quantitative estimate of drug-likeness (QED) is 0.297. The fourth-order valence-electron chi connectivity index (χ4n) is 1.44. The maximum Gasteiger partial charge on any atom is 0.321 e. The van der Waals surface area contributed by atoms with Gasteiger partial charge in [-0.1, -0.05) is 0 Å². The first kappa shape index (κ1) is 13.7. The molecule has 0 unspecified atom stereocenters. The van der Waals surface area contributed by atoms with Crippen LogP contribution in [0.4, 0.5) is 0 Å². The van der Waals surface area contributed by atoms with Crippen molar-refractivity contribution in [3.63, 3.8) is 0 Å². The molecule has 16 heavy (non-hydrogen) atoms. The third-order valence-corrected chi connectivity index (χ3v) is 2.75. The first-order valence-electron chi connectivity index (χ1n) is 4.73. The zero-order valence-corrected chi connectivity index (χ0v) is 9.25. The smallest absolute Gasteiger partial charge is 0.321 e. The van der Waals surface area contributed by atoms with Crippen LogP contribution in [0, 0.1) is 0 Å². The van der Waals surface area contributed by atoms with Crippen LogP contribution in [0.3, 0.4) is 0 Å². The second-order valence-corrected chi connectivity index (χ2v) is 3.86. The second kappa shape index (κ2) is 5.80. The molecule has 5 atom stereocenters. The Morgan fingerprint density at radius 3 is 2.44 bits per heavy atom. The molecule has 0 amide bonds. The van der Waals surface area contributed by atoms with E-state index in [4.69, 9.17) is 14.9 Å². The van der Waals surface area contributed by atoms with Crippen molar-refractivity contribution in [2.75, 3.05) is 12.4 Å². The molecule has 1 aliphatic heterocycles. The Kier molecular flexibility index (Phi) is 4.96. The van der Waals surface area contributed by atoms with Gasteiger partial charge in [0.1, 0.15) is 30.6 Å². The summed E-state index contributed by atoms with van der Waals surface area (Å²) in [6.07, 6.45) is -4.46. The molecule has 1 aliphatic rings. The van der Waals surface area contributed by atoms with Crippen molar-refractivity contribution >= 4 is 18.6 Å². The van der Waals surface area contributed by atoms with Crippen molar-refractivity contribution in [2.24, 2.45) is 0 Å². The van der Waals surface area contributed by atoms with Gasteiger partial charge in [-0.05, 0) is 0 Å². The van der Waals surface area contributed by atoms with Crippen molar-refractivity contribution in [1.29, 1.82) is 0 Å². The summed E-state index contributed by atoms with van der Waals surface area (Å²) in [5.41, 5.74) is 0. The van der Waals surface area contributed by atoms with Crippen molar-refractivity contribution in [3.8, 4) is 0 Å². The number of ether oxygens (including phenoxy) is 1. The maximum absolute atomic E-state index is 10.7. The van der Waals surface area contributed by atoms with Crippen LogP contribution in [0.25, 0.3) is 0 Å². The number of aliphatic carboxylic acids is 1. The molecular weight excluding hydrogens is 238 g/mol. The lowest BCUT2D eigenvalue weighted by molar-refractivity contribution is -0.140. The SMILES string of the molecule is O=C(O)[C@H](CS)N[C@@H]1O[C@H](CO)[C@@H](O)[C@@H]1O. The summed E-state index contributed by atoms with van der Waals surface area (Å²) in [7, 11) is 0. The highest BCUT2D eigenvalue weighted by Crippen LogP contribution is 2.19. The number of carboxylic acids is 1. The van der Waals surface area contributed by atoms with Gasteiger partial charge in [0.25, 0.3) is 0 Å². The Morgan fingerprint density at radius 2 is 2.06 bits per heavy atom. The van der Waals surface area contributed by atoms with Crippen LogP contribution < -0.4 is 5.32 Å². The molecule has 0 aromatic carbocycles. The van der Waals surface area contributed by atoms with E-state index in [0.29, 0.717) is 0 Å². The molecule has 1 heterocycles. The minimum Gasteiger partial charge on any atom is -0.480 e. The van der Waals surface area contributed by atoms with Crippen molar-refractivity contribution in [1.82, 2.24) is 5.32 Å². The van der Waals surface area contributed by atoms with E-state index in [9.17, 15) is 15.0 Å². The summed E-state index contributed by atoms with van der Waals surface area (Å²) in [6.45, 7) is -0.449. The Morgan fingerprint density at radius 1 is 1.44 bits per heavy atom. The van der Waals surface area contributed by atoms with Gasteiger partial charge in [-0.15, -0.1) is 0 Å². The molecule has 94 valence electrons. The molecule has 8 heteroatoms. The van der Waals surface area contributed by atoms with Gasteiger partial charge in [0.05, 0.1) is 6.61 Å². The highest BCUT2D eigenvalue weighted by molar-refractivity contribution is 7.80. The van der Waals surface area contributed by atoms with E-state index in [0.717, 1.165) is 0 Å². The van der Waals surface area contributed by atoms with E-state index < -0.39 is 43.2 Å². The molecule has 1 fully saturated rings. The lowest BCUT2D eigenvalue weighted by atomic mass is 10.1. The van der Waals surface area contributed by atoms with Crippen LogP contribution in [0.1, 0.15) is 0 Å². The van der Waals surface area contributed by atoms with Crippen molar-refractivity contribution in [2.45, 2.75) is 30.6 Å². The molecule has 0 saturated carbocycles. The van der Waals surface area contributed by atoms with E-state index in [2.05, 4.69) is 17.9 Å². The van der Waals surface area contributed by atoms with Gasteiger partial charge in [0, 0.05) is 5.75 Å². The van der Waals surface area contributed by atoms with E-state index >= 15 is 0 Å². The normalized spacial score (nSPS) is 36.2. The summed E-state index contributed by atoms with van der Waals surface area (Å²) >= 11 is 3.83. The number of aliphatic hydroxyl groups is 3. The van der Waals surface area contributed by atoms with E-state index in [1.54, 1.807) is 0 Å². The zero-order valence-electron chi connectivity index (χ0n) is 8.35. The standard InChI is InChI=1S/C8H15NO6S/c10-1-4-5(11)6(12)7(15-4)9-3(2-16)8(13)14/h3-7,9-12,16H,1-2H2,(H,13,14)/t3-,4+,5+,6-,7+/m0/s1. The lowest BCUT2D eigenvalue weighted by Crippen LogP contribution is -2.49. The lowest BCUT2D eigenvalue weighted by Gasteiger charge is -2.20. The van der Waals surface area contributed by atoms with Gasteiger partial charge in [0.15, 0.2) is 0 Å². The highest BCUT2D eigenvalue weighted by atomic mass is 32.1. The molecule has 5 N–H and O–H groups in total. The van der Waals surface area contributed by atoms with Crippen LogP contribution in [-0.4, -0.2) is 69.3 Å². The Hall–Kier alpha value is -0.380. The van der Waals surface area contributed by atoms with E-state index in [-0.39, 0.29) is 5.75 Å². The van der Waals surface area contributed by atoms with Crippen molar-refractivity contribution < 1.29 is 30.0 Å². The fourth-order valence-corrected chi connectivity index (χ4v) is 1.70. The first-order chi connectivity index (χ1) is 7.51. The Labute approximate surface area is 97.4 Å². The molecule has 0 radical (unpaired) electrons. The highest BCUT2D eigenvalue weighted by Gasteiger charge is 2.43. The van der Waals surface area contributed by atoms with Gasteiger partial charge >= 0.3 is 5.97 Å². The average Bonchev–Trinajstić information content (AvgIpc) is 2.52. The minimum absolute atomic E-state index is 0.0157. The zero-order chi connectivity index (χ0) is 12.3. The number of nitrogens with one attached hydrogen (secondary N) is 1. The van der Waals surface area contributed by atoms with Crippen LogP contribution in [0.5, 0.6) is 0 Å². The van der Waals surface area contributed by atoms with E-state index in [1.807, 2.05) is 0 Å². The summed E-state index contributed by atoms with van der Waals surface area (Å²) in [4.78, 5) is 10.7. The van der Waals surface area contributed by atoms with Crippen LogP contribution in [-0.2, 0) is 9.53 Å². The molecule has 1 rings (SSSR count). The third-order valence-electron chi connectivity index (χ3n) is 2.39. The molecular formula is C8H15NO6S. The summed E-state index contributed by atoms with van der Waals surface area (Å²) in [5, 5.41) is 39.0. The average molecular weight is 253 g/mol. The number of hydrogen-bond donors (Lipinski definition) is 6. The molecule has 0 spiro atoms. The van der Waals surface area contributed by atoms with Gasteiger partial charge in [0.2, 0.25) is 0 Å². The number of carboxylic acid groups (broad SMARTS) is 1. The first-order valence-corrected chi connectivity index (χ1v) is 5.36. The Bertz CT molecular complexity index is 253. The van der Waals surface area contributed by atoms with Gasteiger partial charge in [-0.3, -0.25) is 10.1 Å². The van der Waals surface area contributed by atoms with Crippen LogP contribution in [0.2, 0.25) is 0 Å². The van der Waals surface area contributed by atoms with Gasteiger partial charge in [-0.25, -0.2) is 0 Å². The van der Waals surface area contributed by atoms with Crippen molar-refractivity contribution in [3.05, 3.63) is 0 Å². The maximum atomic E-state index is 10.7. The number of rotatable bonds is 5.